The summed E-state index contributed by atoms with van der Waals surface area (Å²) in [5, 5.41) is 10.8. The van der Waals surface area contributed by atoms with Crippen LogP contribution in [0.15, 0.2) is 18.2 Å². The molecule has 0 aliphatic heterocycles. The highest BCUT2D eigenvalue weighted by atomic mass is 16.6. The van der Waals surface area contributed by atoms with Gasteiger partial charge >= 0.3 is 0 Å². The van der Waals surface area contributed by atoms with Crippen molar-refractivity contribution in [3.8, 4) is 0 Å². The van der Waals surface area contributed by atoms with Crippen molar-refractivity contribution in [3.05, 3.63) is 33.9 Å². The summed E-state index contributed by atoms with van der Waals surface area (Å²) in [7, 11) is 1.90. The number of anilines is 1. The molecule has 1 aromatic carbocycles. The average Bonchev–Trinajstić information content (AvgIpc) is 2.35. The molecule has 104 valence electrons. The molecule has 19 heavy (non-hydrogen) atoms. The molecule has 0 fully saturated rings. The summed E-state index contributed by atoms with van der Waals surface area (Å²) in [6, 6.07) is 4.67. The van der Waals surface area contributed by atoms with E-state index in [9.17, 15) is 14.9 Å². The minimum absolute atomic E-state index is 0.0560. The monoisotopic (exact) mass is 264 g/mol. The summed E-state index contributed by atoms with van der Waals surface area (Å²) in [6.45, 7) is 7.69. The highest BCUT2D eigenvalue weighted by Gasteiger charge is 2.20. The Kier molecular flexibility index (Phi) is 4.64. The normalized spacial score (nSPS) is 12.3. The van der Waals surface area contributed by atoms with E-state index in [0.717, 1.165) is 5.69 Å². The molecule has 1 aromatic rings. The maximum absolute atomic E-state index is 11.7. The minimum Gasteiger partial charge on any atom is -0.371 e. The molecule has 0 N–H and O–H groups in total. The number of non-ortho nitro benzene ring substituents is 1. The maximum Gasteiger partial charge on any atom is 0.270 e. The Morgan fingerprint density at radius 3 is 2.32 bits per heavy atom. The van der Waals surface area contributed by atoms with Crippen LogP contribution in [0.5, 0.6) is 0 Å². The first kappa shape index (κ1) is 15.1. The van der Waals surface area contributed by atoms with Crippen LogP contribution in [-0.4, -0.2) is 23.8 Å². The highest BCUT2D eigenvalue weighted by Crippen LogP contribution is 2.27. The number of nitro groups is 1. The zero-order valence-electron chi connectivity index (χ0n) is 12.0. The largest absolute Gasteiger partial charge is 0.371 e. The van der Waals surface area contributed by atoms with Gasteiger partial charge in [0.15, 0.2) is 5.78 Å². The van der Waals surface area contributed by atoms with Crippen LogP contribution in [-0.2, 0) is 0 Å². The van der Waals surface area contributed by atoms with Crippen molar-refractivity contribution in [2.24, 2.45) is 5.92 Å². The Bertz CT molecular complexity index is 497. The van der Waals surface area contributed by atoms with Crippen molar-refractivity contribution in [1.82, 2.24) is 0 Å². The fourth-order valence-electron chi connectivity index (χ4n) is 1.89. The molecule has 0 bridgehead atoms. The molecule has 1 atom stereocenters. The van der Waals surface area contributed by atoms with E-state index in [0.29, 0.717) is 11.5 Å². The second-order valence-electron chi connectivity index (χ2n) is 5.11. The van der Waals surface area contributed by atoms with E-state index >= 15 is 0 Å². The number of Topliss-reactive ketones (excluding diaryl/α,β-unsaturated/α-hetero) is 1. The van der Waals surface area contributed by atoms with Gasteiger partial charge in [0.25, 0.3) is 5.69 Å². The molecular formula is C14H20N2O3. The smallest absolute Gasteiger partial charge is 0.270 e. The Labute approximate surface area is 113 Å². The lowest BCUT2D eigenvalue weighted by molar-refractivity contribution is -0.384. The molecule has 0 radical (unpaired) electrons. The average molecular weight is 264 g/mol. The van der Waals surface area contributed by atoms with Crippen molar-refractivity contribution in [3.63, 3.8) is 0 Å². The SMILES string of the molecule is CC(=O)c1cc([N+](=O)[O-])ccc1N(C)C(C)C(C)C. The van der Waals surface area contributed by atoms with Crippen molar-refractivity contribution >= 4 is 17.2 Å². The van der Waals surface area contributed by atoms with Gasteiger partial charge in [0.05, 0.1) is 4.92 Å². The summed E-state index contributed by atoms with van der Waals surface area (Å²) in [6.07, 6.45) is 0. The second-order valence-corrected chi connectivity index (χ2v) is 5.11. The molecule has 5 heteroatoms. The molecule has 0 spiro atoms. The summed E-state index contributed by atoms with van der Waals surface area (Å²) in [5.41, 5.74) is 1.07. The van der Waals surface area contributed by atoms with Crippen LogP contribution in [0.3, 0.4) is 0 Å². The van der Waals surface area contributed by atoms with E-state index in [2.05, 4.69) is 20.8 Å². The highest BCUT2D eigenvalue weighted by molar-refractivity contribution is 6.00. The molecule has 0 heterocycles. The summed E-state index contributed by atoms with van der Waals surface area (Å²) in [4.78, 5) is 24.0. The Morgan fingerprint density at radius 1 is 1.32 bits per heavy atom. The van der Waals surface area contributed by atoms with E-state index in [4.69, 9.17) is 0 Å². The van der Waals surface area contributed by atoms with E-state index in [1.165, 1.54) is 19.1 Å². The third-order valence-corrected chi connectivity index (χ3v) is 3.53. The topological polar surface area (TPSA) is 63.4 Å². The van der Waals surface area contributed by atoms with Crippen LogP contribution < -0.4 is 4.90 Å². The first-order valence-electron chi connectivity index (χ1n) is 6.28. The first-order valence-corrected chi connectivity index (χ1v) is 6.28. The molecule has 1 unspecified atom stereocenters. The number of carbonyl (C=O) groups excluding carboxylic acids is 1. The first-order chi connectivity index (χ1) is 8.75. The Hall–Kier alpha value is -1.91. The van der Waals surface area contributed by atoms with Crippen LogP contribution >= 0.6 is 0 Å². The molecule has 0 aliphatic carbocycles. The van der Waals surface area contributed by atoms with Gasteiger partial charge in [0, 0.05) is 36.5 Å². The number of benzene rings is 1. The van der Waals surface area contributed by atoms with Crippen molar-refractivity contribution in [2.45, 2.75) is 33.7 Å². The maximum atomic E-state index is 11.7. The lowest BCUT2D eigenvalue weighted by Gasteiger charge is -2.31. The number of hydrogen-bond acceptors (Lipinski definition) is 4. The molecule has 0 amide bonds. The van der Waals surface area contributed by atoms with E-state index in [1.807, 2.05) is 11.9 Å². The molecule has 5 nitrogen and oxygen atoms in total. The third kappa shape index (κ3) is 3.30. The van der Waals surface area contributed by atoms with Gasteiger partial charge in [-0.2, -0.15) is 0 Å². The number of nitrogens with zero attached hydrogens (tertiary/aromatic N) is 2. The van der Waals surface area contributed by atoms with Crippen LogP contribution in [0.25, 0.3) is 0 Å². The van der Waals surface area contributed by atoms with Gasteiger partial charge in [0.2, 0.25) is 0 Å². The van der Waals surface area contributed by atoms with Crippen LogP contribution in [0.2, 0.25) is 0 Å². The minimum atomic E-state index is -0.484. The lowest BCUT2D eigenvalue weighted by Crippen LogP contribution is -2.34. The zero-order valence-corrected chi connectivity index (χ0v) is 12.0. The predicted molar refractivity (Wildman–Crippen MR) is 75.8 cm³/mol. The van der Waals surface area contributed by atoms with E-state index in [-0.39, 0.29) is 17.5 Å². The van der Waals surface area contributed by atoms with Gasteiger partial charge in [-0.25, -0.2) is 0 Å². The van der Waals surface area contributed by atoms with Gasteiger partial charge in [0.1, 0.15) is 0 Å². The third-order valence-electron chi connectivity index (χ3n) is 3.53. The molecule has 0 saturated heterocycles. The standard InChI is InChI=1S/C14H20N2O3/c1-9(2)10(3)15(5)14-7-6-12(16(18)19)8-13(14)11(4)17/h6-10H,1-5H3. The number of rotatable bonds is 5. The molecule has 0 saturated carbocycles. The molecule has 0 aromatic heterocycles. The number of carbonyl (C=O) groups is 1. The van der Waals surface area contributed by atoms with Crippen molar-refractivity contribution in [1.29, 1.82) is 0 Å². The van der Waals surface area contributed by atoms with Gasteiger partial charge in [-0.3, -0.25) is 14.9 Å². The lowest BCUT2D eigenvalue weighted by atomic mass is 10.0. The predicted octanol–water partition coefficient (Wildman–Crippen LogP) is 3.28. The number of nitro benzene ring substituents is 1. The Balaban J connectivity index is 3.27. The van der Waals surface area contributed by atoms with Crippen LogP contribution in [0.1, 0.15) is 38.1 Å². The van der Waals surface area contributed by atoms with Gasteiger partial charge < -0.3 is 4.90 Å². The number of ketones is 1. The van der Waals surface area contributed by atoms with Crippen molar-refractivity contribution < 1.29 is 9.72 Å². The summed E-state index contributed by atoms with van der Waals surface area (Å²) in [5.74, 6) is 0.251. The van der Waals surface area contributed by atoms with Gasteiger partial charge in [-0.05, 0) is 25.8 Å². The summed E-state index contributed by atoms with van der Waals surface area (Å²) < 4.78 is 0. The van der Waals surface area contributed by atoms with E-state index in [1.54, 1.807) is 6.07 Å². The molecule has 1 rings (SSSR count). The van der Waals surface area contributed by atoms with E-state index < -0.39 is 4.92 Å². The quantitative estimate of drug-likeness (QED) is 0.465. The fraction of sp³-hybridized carbons (Fsp3) is 0.500. The molecular weight excluding hydrogens is 244 g/mol. The zero-order chi connectivity index (χ0) is 14.7. The van der Waals surface area contributed by atoms with Crippen molar-refractivity contribution in [2.75, 3.05) is 11.9 Å². The fourth-order valence-corrected chi connectivity index (χ4v) is 1.89. The van der Waals surface area contributed by atoms with Gasteiger partial charge in [-0.15, -0.1) is 0 Å². The van der Waals surface area contributed by atoms with Crippen LogP contribution in [0, 0.1) is 16.0 Å². The second kappa shape index (κ2) is 5.82. The van der Waals surface area contributed by atoms with Gasteiger partial charge in [-0.1, -0.05) is 13.8 Å². The Morgan fingerprint density at radius 2 is 1.89 bits per heavy atom. The summed E-state index contributed by atoms with van der Waals surface area (Å²) >= 11 is 0. The number of hydrogen-bond donors (Lipinski definition) is 0. The molecule has 0 aliphatic rings. The van der Waals surface area contributed by atoms with Crippen LogP contribution in [0.4, 0.5) is 11.4 Å².